The molecule has 1 fully saturated rings. The summed E-state index contributed by atoms with van der Waals surface area (Å²) in [6.07, 6.45) is 3.88. The third kappa shape index (κ3) is 6.88. The molecular weight excluding hydrogens is 424 g/mol. The van der Waals surface area contributed by atoms with Crippen LogP contribution >= 0.6 is 11.3 Å². The van der Waals surface area contributed by atoms with Gasteiger partial charge >= 0.3 is 11.9 Å². The van der Waals surface area contributed by atoms with Gasteiger partial charge in [0.25, 0.3) is 5.91 Å². The van der Waals surface area contributed by atoms with Crippen molar-refractivity contribution < 1.29 is 28.2 Å². The first-order valence-electron chi connectivity index (χ1n) is 10.4. The summed E-state index contributed by atoms with van der Waals surface area (Å²) in [5, 5.41) is 10.3. The quantitative estimate of drug-likeness (QED) is 0.348. The lowest BCUT2D eigenvalue weighted by Gasteiger charge is -2.22. The number of aryl methyl sites for hydroxylation is 1. The van der Waals surface area contributed by atoms with Crippen LogP contribution < -0.4 is 0 Å². The first-order chi connectivity index (χ1) is 14.7. The highest BCUT2D eigenvalue weighted by Gasteiger charge is 2.52. The van der Waals surface area contributed by atoms with E-state index in [-0.39, 0.29) is 12.5 Å². The summed E-state index contributed by atoms with van der Waals surface area (Å²) in [7, 11) is 1.31. The molecule has 0 aliphatic carbocycles. The van der Waals surface area contributed by atoms with Gasteiger partial charge in [-0.05, 0) is 30.9 Å². The smallest absolute Gasteiger partial charge is 0.348 e. The molecule has 1 amide bonds. The zero-order chi connectivity index (χ0) is 23.0. The Morgan fingerprint density at radius 3 is 2.87 bits per heavy atom. The number of aliphatic hydroxyl groups is 1. The van der Waals surface area contributed by atoms with Crippen molar-refractivity contribution in [2.75, 3.05) is 13.7 Å². The Morgan fingerprint density at radius 2 is 2.19 bits per heavy atom. The number of ether oxygens (including phenoxy) is 1. The van der Waals surface area contributed by atoms with Crippen LogP contribution in [0.4, 0.5) is 8.78 Å². The van der Waals surface area contributed by atoms with Crippen molar-refractivity contribution >= 4 is 23.2 Å². The van der Waals surface area contributed by atoms with Gasteiger partial charge in [0.05, 0.1) is 19.3 Å². The Bertz CT molecular complexity index is 855. The lowest BCUT2D eigenvalue weighted by molar-refractivity contribution is -0.148. The molecular formula is C23H29F2NO4S. The summed E-state index contributed by atoms with van der Waals surface area (Å²) in [6, 6.07) is 2.70. The number of likely N-dealkylation sites (tertiary alicyclic amines) is 1. The molecule has 0 radical (unpaired) electrons. The number of carbonyl (C=O) groups excluding carboxylic acids is 2. The van der Waals surface area contributed by atoms with E-state index in [9.17, 15) is 23.5 Å². The molecule has 1 aliphatic heterocycles. The second-order valence-corrected chi connectivity index (χ2v) is 8.77. The predicted octanol–water partition coefficient (Wildman–Crippen LogP) is 4.06. The minimum atomic E-state index is -3.40. The standard InChI is InChI=1S/C23H29F2NO4S/c1-4-5-6-8-16(2)19(27)12-10-17-15-23(24,25)22(29)26(17)14-7-9-18-11-13-20(31-18)21(28)30-3/h10-13,16-17,19,27H,4,7-9,14-15H2,1-3H3/t16-,17-,19-/m0/s1. The van der Waals surface area contributed by atoms with E-state index in [4.69, 9.17) is 0 Å². The van der Waals surface area contributed by atoms with Crippen LogP contribution in [0, 0.1) is 17.8 Å². The summed E-state index contributed by atoms with van der Waals surface area (Å²) in [5.74, 6) is 0.781. The topological polar surface area (TPSA) is 66.8 Å². The molecule has 3 atom stereocenters. The summed E-state index contributed by atoms with van der Waals surface area (Å²) >= 11 is 1.29. The van der Waals surface area contributed by atoms with Crippen LogP contribution in [0.2, 0.25) is 0 Å². The molecule has 0 bridgehead atoms. The van der Waals surface area contributed by atoms with Crippen LogP contribution in [0.25, 0.3) is 0 Å². The number of hydrogen-bond donors (Lipinski definition) is 1. The molecule has 1 aromatic rings. The highest BCUT2D eigenvalue weighted by Crippen LogP contribution is 2.34. The SMILES string of the molecule is CCC#CC[C@H](C)[C@@H](O)C=C[C@H]1CC(F)(F)C(=O)N1CCCc1ccc(C(=O)OC)s1. The molecule has 8 heteroatoms. The van der Waals surface area contributed by atoms with Gasteiger partial charge in [-0.2, -0.15) is 8.78 Å². The molecule has 1 N–H and O–H groups in total. The monoisotopic (exact) mass is 453 g/mol. The van der Waals surface area contributed by atoms with E-state index in [1.54, 1.807) is 12.1 Å². The van der Waals surface area contributed by atoms with Crippen LogP contribution in [0.1, 0.15) is 54.1 Å². The van der Waals surface area contributed by atoms with Crippen molar-refractivity contribution in [1.29, 1.82) is 0 Å². The van der Waals surface area contributed by atoms with Gasteiger partial charge in [0.1, 0.15) is 4.88 Å². The Balaban J connectivity index is 1.96. The lowest BCUT2D eigenvalue weighted by Crippen LogP contribution is -2.36. The number of nitrogens with zero attached hydrogens (tertiary/aromatic N) is 1. The van der Waals surface area contributed by atoms with E-state index in [0.717, 1.165) is 11.3 Å². The zero-order valence-corrected chi connectivity index (χ0v) is 18.9. The van der Waals surface area contributed by atoms with Crippen LogP contribution in [0.5, 0.6) is 0 Å². The van der Waals surface area contributed by atoms with Crippen molar-refractivity contribution in [3.8, 4) is 11.8 Å². The number of carbonyl (C=O) groups is 2. The molecule has 0 saturated carbocycles. The Morgan fingerprint density at radius 1 is 1.45 bits per heavy atom. The molecule has 1 saturated heterocycles. The van der Waals surface area contributed by atoms with Crippen LogP contribution in [-0.2, 0) is 16.0 Å². The number of methoxy groups -OCH3 is 1. The third-order valence-electron chi connectivity index (χ3n) is 5.15. The van der Waals surface area contributed by atoms with Crippen molar-refractivity contribution in [3.05, 3.63) is 34.0 Å². The highest BCUT2D eigenvalue weighted by molar-refractivity contribution is 7.13. The van der Waals surface area contributed by atoms with Gasteiger partial charge in [0, 0.05) is 30.7 Å². The van der Waals surface area contributed by atoms with Gasteiger partial charge in [-0.15, -0.1) is 23.2 Å². The van der Waals surface area contributed by atoms with Gasteiger partial charge in [-0.25, -0.2) is 4.79 Å². The second-order valence-electron chi connectivity index (χ2n) is 7.60. The number of hydrogen-bond acceptors (Lipinski definition) is 5. The average Bonchev–Trinajstić information content (AvgIpc) is 3.29. The number of amides is 1. The van der Waals surface area contributed by atoms with Crippen LogP contribution in [0.15, 0.2) is 24.3 Å². The van der Waals surface area contributed by atoms with E-state index < -0.39 is 36.4 Å². The first-order valence-corrected chi connectivity index (χ1v) is 11.2. The second kappa shape index (κ2) is 11.4. The summed E-state index contributed by atoms with van der Waals surface area (Å²) in [4.78, 5) is 26.3. The number of rotatable bonds is 9. The fourth-order valence-electron chi connectivity index (χ4n) is 3.32. The summed E-state index contributed by atoms with van der Waals surface area (Å²) in [6.45, 7) is 3.95. The first kappa shape index (κ1) is 25.0. The Hall–Kier alpha value is -2.24. The van der Waals surface area contributed by atoms with Gasteiger partial charge < -0.3 is 14.7 Å². The maximum Gasteiger partial charge on any atom is 0.348 e. The zero-order valence-electron chi connectivity index (χ0n) is 18.1. The number of alkyl halides is 2. The molecule has 1 aromatic heterocycles. The lowest BCUT2D eigenvalue weighted by atomic mass is 9.99. The third-order valence-corrected chi connectivity index (χ3v) is 6.27. The molecule has 170 valence electrons. The van der Waals surface area contributed by atoms with Crippen LogP contribution in [0.3, 0.4) is 0 Å². The predicted molar refractivity (Wildman–Crippen MR) is 116 cm³/mol. The molecule has 5 nitrogen and oxygen atoms in total. The average molecular weight is 454 g/mol. The van der Waals surface area contributed by atoms with E-state index in [1.165, 1.54) is 35.5 Å². The molecule has 0 spiro atoms. The molecule has 1 aliphatic rings. The van der Waals surface area contributed by atoms with Crippen LogP contribution in [-0.4, -0.2) is 53.6 Å². The number of halogens is 2. The number of esters is 1. The van der Waals surface area contributed by atoms with E-state index in [1.807, 2.05) is 13.8 Å². The van der Waals surface area contributed by atoms with Gasteiger partial charge in [-0.3, -0.25) is 4.79 Å². The summed E-state index contributed by atoms with van der Waals surface area (Å²) in [5.41, 5.74) is 0. The van der Waals surface area contributed by atoms with Gasteiger partial charge in [-0.1, -0.05) is 26.0 Å². The van der Waals surface area contributed by atoms with E-state index in [2.05, 4.69) is 16.6 Å². The molecule has 2 heterocycles. The van der Waals surface area contributed by atoms with E-state index in [0.29, 0.717) is 24.1 Å². The van der Waals surface area contributed by atoms with Crippen molar-refractivity contribution in [2.24, 2.45) is 5.92 Å². The van der Waals surface area contributed by atoms with Crippen molar-refractivity contribution in [1.82, 2.24) is 4.90 Å². The molecule has 0 aromatic carbocycles. The highest BCUT2D eigenvalue weighted by atomic mass is 32.1. The van der Waals surface area contributed by atoms with Crippen molar-refractivity contribution in [3.63, 3.8) is 0 Å². The molecule has 31 heavy (non-hydrogen) atoms. The molecule has 0 unspecified atom stereocenters. The van der Waals surface area contributed by atoms with E-state index >= 15 is 0 Å². The normalized spacial score (nSPS) is 19.9. The fourth-order valence-corrected chi connectivity index (χ4v) is 4.28. The largest absolute Gasteiger partial charge is 0.465 e. The number of thiophene rings is 1. The Kier molecular flexibility index (Phi) is 9.20. The van der Waals surface area contributed by atoms with Gasteiger partial charge in [0.15, 0.2) is 0 Å². The molecule has 2 rings (SSSR count). The maximum absolute atomic E-state index is 14.1. The van der Waals surface area contributed by atoms with Crippen molar-refractivity contribution in [2.45, 2.75) is 64.0 Å². The minimum absolute atomic E-state index is 0.135. The fraction of sp³-hybridized carbons (Fsp3) is 0.565. The summed E-state index contributed by atoms with van der Waals surface area (Å²) < 4.78 is 32.8. The minimum Gasteiger partial charge on any atom is -0.465 e. The maximum atomic E-state index is 14.1. The Labute approximate surface area is 186 Å². The van der Waals surface area contributed by atoms with Gasteiger partial charge in [0.2, 0.25) is 0 Å². The number of aliphatic hydroxyl groups excluding tert-OH is 1.